The lowest BCUT2D eigenvalue weighted by atomic mass is 9.86. The fourth-order valence-corrected chi connectivity index (χ4v) is 3.23. The van der Waals surface area contributed by atoms with Crippen LogP contribution in [-0.2, 0) is 0 Å². The van der Waals surface area contributed by atoms with Gasteiger partial charge in [0.05, 0.1) is 0 Å². The van der Waals surface area contributed by atoms with Crippen molar-refractivity contribution in [2.45, 2.75) is 53.4 Å². The summed E-state index contributed by atoms with van der Waals surface area (Å²) in [5.41, 5.74) is 0. The molecule has 2 heterocycles. The first-order chi connectivity index (χ1) is 8.75. The number of likely N-dealkylation sites (tertiary alicyclic amines) is 1. The molecule has 0 unspecified atom stereocenters. The largest absolute Gasteiger partial charge is 0.317 e. The third-order valence-corrected chi connectivity index (χ3v) is 4.55. The molecule has 2 aliphatic heterocycles. The van der Waals surface area contributed by atoms with Crippen molar-refractivity contribution in [2.75, 3.05) is 32.7 Å². The van der Waals surface area contributed by atoms with E-state index in [2.05, 4.69) is 24.1 Å². The molecule has 0 aromatic rings. The van der Waals surface area contributed by atoms with Gasteiger partial charge in [-0.15, -0.1) is 0 Å². The first kappa shape index (κ1) is 18.9. The zero-order valence-corrected chi connectivity index (χ0v) is 13.5. The molecule has 2 fully saturated rings. The average molecular weight is 274 g/mol. The van der Waals surface area contributed by atoms with Crippen LogP contribution in [-0.4, -0.2) is 37.6 Å². The van der Waals surface area contributed by atoms with Gasteiger partial charge in [-0.3, -0.25) is 4.70 Å². The Labute approximate surface area is 119 Å². The van der Waals surface area contributed by atoms with Crippen molar-refractivity contribution in [1.29, 1.82) is 0 Å². The summed E-state index contributed by atoms with van der Waals surface area (Å²) in [5, 5.41) is 3.46. The lowest BCUT2D eigenvalue weighted by Gasteiger charge is -2.36. The molecule has 2 nitrogen and oxygen atoms in total. The van der Waals surface area contributed by atoms with Crippen LogP contribution in [0, 0.1) is 17.8 Å². The number of piperidine rings is 2. The number of rotatable bonds is 3. The van der Waals surface area contributed by atoms with Crippen molar-refractivity contribution in [3.8, 4) is 0 Å². The molecule has 116 valence electrons. The number of nitrogens with zero attached hydrogens (tertiary/aromatic N) is 1. The normalized spacial score (nSPS) is 22.6. The maximum atomic E-state index is 3.46. The summed E-state index contributed by atoms with van der Waals surface area (Å²) < 4.78 is 0. The Kier molecular flexibility index (Phi) is 10.5. The molecule has 19 heavy (non-hydrogen) atoms. The van der Waals surface area contributed by atoms with Crippen LogP contribution in [0.3, 0.4) is 0 Å². The molecule has 0 amide bonds. The zero-order valence-electron chi connectivity index (χ0n) is 13.5. The fourth-order valence-electron chi connectivity index (χ4n) is 3.23. The van der Waals surface area contributed by atoms with Crippen LogP contribution in [0.5, 0.6) is 0 Å². The smallest absolute Gasteiger partial charge is 0.00106 e. The molecule has 0 aromatic heterocycles. The molecule has 3 heteroatoms. The molecule has 0 saturated carbocycles. The van der Waals surface area contributed by atoms with Crippen LogP contribution in [0.25, 0.3) is 0 Å². The van der Waals surface area contributed by atoms with Gasteiger partial charge >= 0.3 is 0 Å². The molecule has 0 bridgehead atoms. The highest BCUT2D eigenvalue weighted by Crippen LogP contribution is 2.25. The second kappa shape index (κ2) is 10.6. The summed E-state index contributed by atoms with van der Waals surface area (Å²) >= 11 is 0. The Balaban J connectivity index is 0.00000103. The van der Waals surface area contributed by atoms with Crippen LogP contribution >= 0.6 is 0 Å². The third kappa shape index (κ3) is 6.71. The molecular weight excluding hydrogens is 239 g/mol. The van der Waals surface area contributed by atoms with Crippen molar-refractivity contribution in [3.05, 3.63) is 0 Å². The predicted molar refractivity (Wildman–Crippen MR) is 83.4 cm³/mol. The van der Waals surface area contributed by atoms with Gasteiger partial charge in [0.2, 0.25) is 0 Å². The van der Waals surface area contributed by atoms with E-state index in [4.69, 9.17) is 0 Å². The van der Waals surface area contributed by atoms with E-state index in [0.717, 1.165) is 17.8 Å². The second-order valence-corrected chi connectivity index (χ2v) is 6.08. The first-order valence-corrected chi connectivity index (χ1v) is 8.19. The Hall–Kier alpha value is -0.150. The minimum atomic E-state index is 0. The highest BCUT2D eigenvalue weighted by molar-refractivity contribution is 4.78. The highest BCUT2D eigenvalue weighted by Gasteiger charge is 2.23. The summed E-state index contributed by atoms with van der Waals surface area (Å²) in [6.45, 7) is 15.3. The lowest BCUT2D eigenvalue weighted by Crippen LogP contribution is -2.40. The molecule has 2 rings (SSSR count). The molecule has 1 N–H and O–H groups in total. The van der Waals surface area contributed by atoms with E-state index in [1.807, 2.05) is 13.8 Å². The summed E-state index contributed by atoms with van der Waals surface area (Å²) in [4.78, 5) is 2.72. The van der Waals surface area contributed by atoms with Gasteiger partial charge in [-0.2, -0.15) is 0 Å². The number of hydrogen-bond acceptors (Lipinski definition) is 2. The van der Waals surface area contributed by atoms with Gasteiger partial charge in [0.15, 0.2) is 0 Å². The van der Waals surface area contributed by atoms with Crippen molar-refractivity contribution in [1.82, 2.24) is 10.2 Å². The van der Waals surface area contributed by atoms with Crippen molar-refractivity contribution in [3.63, 3.8) is 0 Å². The third-order valence-electron chi connectivity index (χ3n) is 4.55. The Bertz CT molecular complexity index is 195. The van der Waals surface area contributed by atoms with Crippen LogP contribution in [0.4, 0.5) is 4.70 Å². The van der Waals surface area contributed by atoms with Gasteiger partial charge in [-0.1, -0.05) is 27.7 Å². The van der Waals surface area contributed by atoms with Crippen molar-refractivity contribution < 1.29 is 4.70 Å². The predicted octanol–water partition coefficient (Wildman–Crippen LogP) is 3.53. The Morgan fingerprint density at radius 2 is 1.53 bits per heavy atom. The van der Waals surface area contributed by atoms with Gasteiger partial charge in [-0.25, -0.2) is 0 Å². The summed E-state index contributed by atoms with van der Waals surface area (Å²) in [7, 11) is 0. The quantitative estimate of drug-likeness (QED) is 0.847. The molecule has 0 aromatic carbocycles. The van der Waals surface area contributed by atoms with Crippen molar-refractivity contribution >= 4 is 0 Å². The maximum absolute atomic E-state index is 3.46. The van der Waals surface area contributed by atoms with Crippen molar-refractivity contribution in [2.24, 2.45) is 17.8 Å². The highest BCUT2D eigenvalue weighted by atomic mass is 19.0. The monoisotopic (exact) mass is 274 g/mol. The van der Waals surface area contributed by atoms with E-state index in [0.29, 0.717) is 0 Å². The van der Waals surface area contributed by atoms with E-state index >= 15 is 0 Å². The molecule has 2 aliphatic rings. The molecule has 0 spiro atoms. The molecule has 0 aliphatic carbocycles. The Morgan fingerprint density at radius 3 is 2.00 bits per heavy atom. The van der Waals surface area contributed by atoms with E-state index in [1.165, 1.54) is 58.4 Å². The number of hydrogen-bond donors (Lipinski definition) is 1. The van der Waals surface area contributed by atoms with E-state index in [1.54, 1.807) is 0 Å². The van der Waals surface area contributed by atoms with Crippen LogP contribution in [0.1, 0.15) is 53.4 Å². The van der Waals surface area contributed by atoms with Gasteiger partial charge in [-0.05, 0) is 69.6 Å². The second-order valence-electron chi connectivity index (χ2n) is 6.08. The fraction of sp³-hybridized carbons (Fsp3) is 1.00. The number of halogens is 1. The summed E-state index contributed by atoms with van der Waals surface area (Å²) in [6, 6.07) is 0. The average Bonchev–Trinajstić information content (AvgIpc) is 2.43. The van der Waals surface area contributed by atoms with Crippen LogP contribution < -0.4 is 5.32 Å². The van der Waals surface area contributed by atoms with Gasteiger partial charge in [0, 0.05) is 6.54 Å². The van der Waals surface area contributed by atoms with E-state index < -0.39 is 0 Å². The van der Waals surface area contributed by atoms with E-state index in [9.17, 15) is 0 Å². The SMILES string of the molecule is CC.CC(C)C1CCN(CC2CCNCC2)CC1.F. The first-order valence-electron chi connectivity index (χ1n) is 8.19. The van der Waals surface area contributed by atoms with Crippen LogP contribution in [0.15, 0.2) is 0 Å². The van der Waals surface area contributed by atoms with Gasteiger partial charge < -0.3 is 10.2 Å². The molecule has 2 saturated heterocycles. The Morgan fingerprint density at radius 1 is 1.00 bits per heavy atom. The summed E-state index contributed by atoms with van der Waals surface area (Å²) in [5.74, 6) is 2.85. The van der Waals surface area contributed by atoms with Gasteiger partial charge in [0.1, 0.15) is 0 Å². The van der Waals surface area contributed by atoms with Crippen LogP contribution in [0.2, 0.25) is 0 Å². The molecular formula is C16H35FN2. The van der Waals surface area contributed by atoms with E-state index in [-0.39, 0.29) is 4.70 Å². The maximum Gasteiger partial charge on any atom is 0.00106 e. The lowest BCUT2D eigenvalue weighted by molar-refractivity contribution is 0.130. The number of nitrogens with one attached hydrogen (secondary N) is 1. The standard InChI is InChI=1S/C14H28N2.C2H6.FH/c1-12(2)14-5-9-16(10-6-14)11-13-3-7-15-8-4-13;1-2;/h12-15H,3-11H2,1-2H3;1-2H3;1H. The topological polar surface area (TPSA) is 15.3 Å². The van der Waals surface area contributed by atoms with Gasteiger partial charge in [0.25, 0.3) is 0 Å². The molecule has 0 atom stereocenters. The minimum absolute atomic E-state index is 0. The summed E-state index contributed by atoms with van der Waals surface area (Å²) in [6.07, 6.45) is 5.65. The minimum Gasteiger partial charge on any atom is -0.317 e. The zero-order chi connectivity index (χ0) is 13.4. The molecule has 0 radical (unpaired) electrons.